The number of unbranched alkanes of at least 4 members (excludes halogenated alkanes) is 12. The van der Waals surface area contributed by atoms with Gasteiger partial charge in [0.2, 0.25) is 0 Å². The van der Waals surface area contributed by atoms with Crippen LogP contribution in [-0.2, 0) is 19.1 Å². The van der Waals surface area contributed by atoms with Gasteiger partial charge in [-0.05, 0) is 25.7 Å². The van der Waals surface area contributed by atoms with E-state index in [1.165, 1.54) is 57.4 Å². The van der Waals surface area contributed by atoms with E-state index in [-0.39, 0.29) is 31.8 Å². The highest BCUT2D eigenvalue weighted by atomic mass is 16.6. The molecule has 0 radical (unpaired) electrons. The fraction of sp³-hybridized carbons (Fsp3) is 0.730. The number of ether oxygens (including phenoxy) is 2. The lowest BCUT2D eigenvalue weighted by Gasteiger charge is -2.17. The van der Waals surface area contributed by atoms with Crippen molar-refractivity contribution < 1.29 is 39.5 Å². The minimum absolute atomic E-state index is 0.00218. The predicted octanol–water partition coefficient (Wildman–Crippen LogP) is 7.19. The van der Waals surface area contributed by atoms with Crippen molar-refractivity contribution in [2.24, 2.45) is 0 Å². The molecule has 0 aliphatic carbocycles. The lowest BCUT2D eigenvalue weighted by atomic mass is 10.1. The van der Waals surface area contributed by atoms with Gasteiger partial charge in [0.05, 0.1) is 24.9 Å². The highest BCUT2D eigenvalue weighted by molar-refractivity contribution is 5.70. The van der Waals surface area contributed by atoms with E-state index in [9.17, 15) is 30.0 Å². The van der Waals surface area contributed by atoms with Crippen molar-refractivity contribution in [2.45, 2.75) is 160 Å². The van der Waals surface area contributed by atoms with Crippen LogP contribution in [0.3, 0.4) is 0 Å². The highest BCUT2D eigenvalue weighted by Crippen LogP contribution is 2.13. The van der Waals surface area contributed by atoms with E-state index in [4.69, 9.17) is 9.47 Å². The van der Waals surface area contributed by atoms with Crippen molar-refractivity contribution >= 4 is 11.9 Å². The Morgan fingerprint density at radius 2 is 1.11 bits per heavy atom. The Labute approximate surface area is 273 Å². The maximum Gasteiger partial charge on any atom is 0.306 e. The van der Waals surface area contributed by atoms with Gasteiger partial charge in [0.15, 0.2) is 6.10 Å². The van der Waals surface area contributed by atoms with E-state index in [1.54, 1.807) is 36.5 Å². The Kier molecular flexibility index (Phi) is 30.1. The number of hydrogen-bond acceptors (Lipinski definition) is 8. The van der Waals surface area contributed by atoms with Crippen LogP contribution >= 0.6 is 0 Å². The first-order valence-corrected chi connectivity index (χ1v) is 17.5. The lowest BCUT2D eigenvalue weighted by Crippen LogP contribution is -2.29. The third kappa shape index (κ3) is 28.9. The largest absolute Gasteiger partial charge is 0.462 e. The van der Waals surface area contributed by atoms with E-state index < -0.39 is 37.0 Å². The molecule has 45 heavy (non-hydrogen) atoms. The Balaban J connectivity index is 4.00. The number of allylic oxidation sites excluding steroid dienone is 6. The molecule has 0 aliphatic heterocycles. The summed E-state index contributed by atoms with van der Waals surface area (Å²) >= 11 is 0. The number of carbonyl (C=O) groups excluding carboxylic acids is 2. The van der Waals surface area contributed by atoms with Gasteiger partial charge in [0.1, 0.15) is 6.61 Å². The summed E-state index contributed by atoms with van der Waals surface area (Å²) in [5.41, 5.74) is 0. The second kappa shape index (κ2) is 31.7. The molecular weight excluding hydrogens is 572 g/mol. The van der Waals surface area contributed by atoms with Crippen molar-refractivity contribution in [1.82, 2.24) is 0 Å². The van der Waals surface area contributed by atoms with Crippen LogP contribution in [0.2, 0.25) is 0 Å². The summed E-state index contributed by atoms with van der Waals surface area (Å²) < 4.78 is 10.4. The van der Waals surface area contributed by atoms with Gasteiger partial charge in [0, 0.05) is 12.8 Å². The van der Waals surface area contributed by atoms with E-state index in [0.717, 1.165) is 44.9 Å². The molecule has 4 N–H and O–H groups in total. The molecule has 0 aromatic heterocycles. The van der Waals surface area contributed by atoms with Crippen LogP contribution in [0.15, 0.2) is 48.6 Å². The monoisotopic (exact) mass is 636 g/mol. The molecule has 0 fully saturated rings. The number of aliphatic hydroxyl groups excluding tert-OH is 4. The zero-order valence-corrected chi connectivity index (χ0v) is 28.2. The zero-order valence-electron chi connectivity index (χ0n) is 28.2. The summed E-state index contributed by atoms with van der Waals surface area (Å²) in [5.74, 6) is -0.925. The minimum Gasteiger partial charge on any atom is -0.462 e. The standard InChI is InChI=1S/C37H64O8/c1-3-5-7-8-9-10-11-12-13-18-22-28-36(42)44-31-33(30-38)45-37(43)29-23-27-35(41)34(40)26-21-17-15-14-16-20-25-32(39)24-19-6-4-2/h14-17,20-21,25-26,32-35,38-41H,3-13,18-19,22-24,27-31H2,1-2H3/b16-14-,17-15+,25-20+,26-21+/t32-,33-,34-,35-/m0/s1. The van der Waals surface area contributed by atoms with Crippen LogP contribution in [0.4, 0.5) is 0 Å². The maximum absolute atomic E-state index is 12.1. The molecule has 0 spiro atoms. The molecule has 8 nitrogen and oxygen atoms in total. The molecule has 0 aromatic carbocycles. The van der Waals surface area contributed by atoms with Gasteiger partial charge in [-0.3, -0.25) is 9.59 Å². The lowest BCUT2D eigenvalue weighted by molar-refractivity contribution is -0.161. The molecule has 0 saturated heterocycles. The zero-order chi connectivity index (χ0) is 33.4. The summed E-state index contributed by atoms with van der Waals surface area (Å²) in [5, 5.41) is 39.6. The quantitative estimate of drug-likeness (QED) is 0.0370. The second-order valence-corrected chi connectivity index (χ2v) is 11.8. The van der Waals surface area contributed by atoms with Gasteiger partial charge in [0.25, 0.3) is 0 Å². The van der Waals surface area contributed by atoms with E-state index in [2.05, 4.69) is 13.8 Å². The van der Waals surface area contributed by atoms with E-state index >= 15 is 0 Å². The van der Waals surface area contributed by atoms with Crippen LogP contribution in [0, 0.1) is 0 Å². The Bertz CT molecular complexity index is 819. The molecule has 0 bridgehead atoms. The first-order chi connectivity index (χ1) is 21.8. The van der Waals surface area contributed by atoms with Crippen molar-refractivity contribution in [1.29, 1.82) is 0 Å². The van der Waals surface area contributed by atoms with Crippen LogP contribution < -0.4 is 0 Å². The minimum atomic E-state index is -1.09. The van der Waals surface area contributed by atoms with Gasteiger partial charge in [-0.2, -0.15) is 0 Å². The third-order valence-electron chi connectivity index (χ3n) is 7.49. The van der Waals surface area contributed by atoms with Crippen LogP contribution in [0.25, 0.3) is 0 Å². The van der Waals surface area contributed by atoms with Crippen molar-refractivity contribution in [3.8, 4) is 0 Å². The first-order valence-electron chi connectivity index (χ1n) is 17.5. The summed E-state index contributed by atoms with van der Waals surface area (Å²) in [6.45, 7) is 3.71. The number of aliphatic hydroxyl groups is 4. The Hall–Kier alpha value is -2.26. The molecule has 8 heteroatoms. The van der Waals surface area contributed by atoms with Crippen molar-refractivity contribution in [3.05, 3.63) is 48.6 Å². The molecule has 0 rings (SSSR count). The van der Waals surface area contributed by atoms with Crippen molar-refractivity contribution in [3.63, 3.8) is 0 Å². The van der Waals surface area contributed by atoms with E-state index in [0.29, 0.717) is 6.42 Å². The van der Waals surface area contributed by atoms with Gasteiger partial charge in [-0.25, -0.2) is 0 Å². The molecule has 260 valence electrons. The average molecular weight is 637 g/mol. The summed E-state index contributed by atoms with van der Waals surface area (Å²) in [6.07, 6.45) is 28.2. The first kappa shape index (κ1) is 42.7. The van der Waals surface area contributed by atoms with Gasteiger partial charge in [-0.1, -0.05) is 146 Å². The fourth-order valence-electron chi connectivity index (χ4n) is 4.64. The summed E-state index contributed by atoms with van der Waals surface area (Å²) in [4.78, 5) is 24.2. The number of carbonyl (C=O) groups is 2. The maximum atomic E-state index is 12.1. The molecule has 0 aliphatic rings. The van der Waals surface area contributed by atoms with E-state index in [1.807, 2.05) is 6.08 Å². The smallest absolute Gasteiger partial charge is 0.306 e. The fourth-order valence-corrected chi connectivity index (χ4v) is 4.64. The topological polar surface area (TPSA) is 134 Å². The Morgan fingerprint density at radius 3 is 1.71 bits per heavy atom. The second-order valence-electron chi connectivity index (χ2n) is 11.8. The molecule has 4 atom stereocenters. The molecular formula is C37H64O8. The average Bonchev–Trinajstić information content (AvgIpc) is 3.02. The van der Waals surface area contributed by atoms with Crippen molar-refractivity contribution in [2.75, 3.05) is 13.2 Å². The Morgan fingerprint density at radius 1 is 0.600 bits per heavy atom. The third-order valence-corrected chi connectivity index (χ3v) is 7.49. The number of esters is 2. The van der Waals surface area contributed by atoms with Gasteiger partial charge in [-0.15, -0.1) is 0 Å². The normalized spacial score (nSPS) is 14.9. The SMILES string of the molecule is CCCCCCCCCCCCCC(=O)OC[C@H](CO)OC(=O)CCC[C@H](O)[C@@H](O)/C=C/C=C/C=C\C=C\[C@@H](O)CCCCC. The molecule has 0 unspecified atom stereocenters. The van der Waals surface area contributed by atoms with Gasteiger partial charge >= 0.3 is 11.9 Å². The summed E-state index contributed by atoms with van der Waals surface area (Å²) in [7, 11) is 0. The molecule has 0 aromatic rings. The van der Waals surface area contributed by atoms with Gasteiger partial charge < -0.3 is 29.9 Å². The predicted molar refractivity (Wildman–Crippen MR) is 182 cm³/mol. The van der Waals surface area contributed by atoms with Crippen LogP contribution in [-0.4, -0.2) is 70.0 Å². The van der Waals surface area contributed by atoms with Crippen LogP contribution in [0.1, 0.15) is 136 Å². The van der Waals surface area contributed by atoms with Crippen LogP contribution in [0.5, 0.6) is 0 Å². The molecule has 0 heterocycles. The molecule has 0 amide bonds. The number of rotatable bonds is 30. The summed E-state index contributed by atoms with van der Waals surface area (Å²) in [6, 6.07) is 0. The molecule has 0 saturated carbocycles. The number of hydrogen-bond donors (Lipinski definition) is 4. The highest BCUT2D eigenvalue weighted by Gasteiger charge is 2.18.